The van der Waals surface area contributed by atoms with Crippen molar-refractivity contribution < 1.29 is 13.2 Å². The summed E-state index contributed by atoms with van der Waals surface area (Å²) in [7, 11) is -3.59. The third kappa shape index (κ3) is 6.90. The van der Waals surface area contributed by atoms with E-state index in [1.54, 1.807) is 19.1 Å². The molecule has 27 heavy (non-hydrogen) atoms. The first-order valence-corrected chi connectivity index (χ1v) is 11.3. The second-order valence-electron chi connectivity index (χ2n) is 7.97. The summed E-state index contributed by atoms with van der Waals surface area (Å²) >= 11 is 0. The van der Waals surface area contributed by atoms with Gasteiger partial charge in [-0.3, -0.25) is 4.79 Å². The Labute approximate surface area is 163 Å². The van der Waals surface area contributed by atoms with E-state index in [2.05, 4.69) is 28.8 Å². The van der Waals surface area contributed by atoms with Crippen molar-refractivity contribution in [2.75, 3.05) is 31.5 Å². The number of anilines is 1. The van der Waals surface area contributed by atoms with Crippen LogP contribution in [0.25, 0.3) is 0 Å². The summed E-state index contributed by atoms with van der Waals surface area (Å²) in [6.45, 7) is 11.5. The minimum atomic E-state index is -3.59. The lowest BCUT2D eigenvalue weighted by Gasteiger charge is -2.34. The monoisotopic (exact) mass is 395 g/mol. The van der Waals surface area contributed by atoms with Gasteiger partial charge < -0.3 is 10.2 Å². The first-order valence-electron chi connectivity index (χ1n) is 9.77. The van der Waals surface area contributed by atoms with E-state index >= 15 is 0 Å². The Kier molecular flexibility index (Phi) is 7.82. The van der Waals surface area contributed by atoms with Gasteiger partial charge in [-0.2, -0.15) is 0 Å². The molecule has 1 saturated heterocycles. The minimum Gasteiger partial charge on any atom is -0.326 e. The molecule has 0 saturated carbocycles. The number of carbonyl (C=O) groups is 1. The highest BCUT2D eigenvalue weighted by Gasteiger charge is 2.21. The lowest BCUT2D eigenvalue weighted by Crippen LogP contribution is -2.39. The van der Waals surface area contributed by atoms with E-state index in [1.165, 1.54) is 19.4 Å². The number of piperidine rings is 1. The zero-order chi connectivity index (χ0) is 20.0. The molecule has 0 radical (unpaired) electrons. The Morgan fingerprint density at radius 3 is 2.48 bits per heavy atom. The molecule has 0 aliphatic carbocycles. The van der Waals surface area contributed by atoms with Gasteiger partial charge in [-0.05, 0) is 62.3 Å². The molecule has 1 aromatic rings. The highest BCUT2D eigenvalue weighted by Crippen LogP contribution is 2.22. The van der Waals surface area contributed by atoms with Crippen LogP contribution in [0.3, 0.4) is 0 Å². The summed E-state index contributed by atoms with van der Waals surface area (Å²) in [6, 6.07) is 4.92. The van der Waals surface area contributed by atoms with Crippen LogP contribution in [-0.2, 0) is 14.8 Å². The largest absolute Gasteiger partial charge is 0.326 e. The van der Waals surface area contributed by atoms with Crippen molar-refractivity contribution in [3.8, 4) is 0 Å². The van der Waals surface area contributed by atoms with E-state index in [-0.39, 0.29) is 10.8 Å². The molecule has 0 spiro atoms. The third-order valence-electron chi connectivity index (χ3n) is 4.94. The number of unbranched alkanes of at least 4 members (excludes halogenated alkanes) is 1. The van der Waals surface area contributed by atoms with E-state index < -0.39 is 10.0 Å². The summed E-state index contributed by atoms with van der Waals surface area (Å²) in [5.74, 6) is 1.26. The highest BCUT2D eigenvalue weighted by atomic mass is 32.2. The Morgan fingerprint density at radius 1 is 1.19 bits per heavy atom. The molecule has 0 aromatic heterocycles. The van der Waals surface area contributed by atoms with Crippen molar-refractivity contribution in [1.82, 2.24) is 9.62 Å². The summed E-state index contributed by atoms with van der Waals surface area (Å²) in [4.78, 5) is 13.9. The van der Waals surface area contributed by atoms with Crippen LogP contribution in [0.2, 0.25) is 0 Å². The van der Waals surface area contributed by atoms with Crippen LogP contribution < -0.4 is 10.0 Å². The molecular weight excluding hydrogens is 362 g/mol. The number of rotatable bonds is 8. The predicted molar refractivity (Wildman–Crippen MR) is 109 cm³/mol. The maximum absolute atomic E-state index is 12.6. The van der Waals surface area contributed by atoms with Crippen LogP contribution in [0.4, 0.5) is 5.69 Å². The van der Waals surface area contributed by atoms with Gasteiger partial charge in [0.15, 0.2) is 0 Å². The molecule has 2 N–H and O–H groups in total. The summed E-state index contributed by atoms with van der Waals surface area (Å²) in [5, 5.41) is 2.63. The average molecular weight is 396 g/mol. The molecule has 1 heterocycles. The van der Waals surface area contributed by atoms with Crippen molar-refractivity contribution in [3.63, 3.8) is 0 Å². The molecule has 6 nitrogen and oxygen atoms in total. The topological polar surface area (TPSA) is 78.5 Å². The summed E-state index contributed by atoms with van der Waals surface area (Å²) in [6.07, 6.45) is 3.09. The van der Waals surface area contributed by atoms with Crippen LogP contribution >= 0.6 is 0 Å². The van der Waals surface area contributed by atoms with Crippen LogP contribution in [0.1, 0.15) is 45.6 Å². The molecule has 7 heteroatoms. The number of nitrogens with one attached hydrogen (secondary N) is 2. The number of sulfonamides is 1. The Balaban J connectivity index is 1.83. The number of carbonyl (C=O) groups excluding carboxylic acids is 1. The molecule has 2 unspecified atom stereocenters. The number of hydrogen-bond acceptors (Lipinski definition) is 4. The van der Waals surface area contributed by atoms with Gasteiger partial charge in [-0.1, -0.05) is 19.9 Å². The SMILES string of the molecule is CC(=O)Nc1ccc(C)c(S(=O)(=O)NCCCCN2CC(C)CC(C)C2)c1. The van der Waals surface area contributed by atoms with Gasteiger partial charge in [-0.25, -0.2) is 13.1 Å². The third-order valence-corrected chi connectivity index (χ3v) is 6.54. The molecule has 1 aliphatic rings. The maximum Gasteiger partial charge on any atom is 0.240 e. The average Bonchev–Trinajstić information content (AvgIpc) is 2.54. The lowest BCUT2D eigenvalue weighted by molar-refractivity contribution is -0.114. The van der Waals surface area contributed by atoms with Crippen LogP contribution in [-0.4, -0.2) is 45.4 Å². The van der Waals surface area contributed by atoms with Gasteiger partial charge in [0.05, 0.1) is 4.90 Å². The number of nitrogens with zero attached hydrogens (tertiary/aromatic N) is 1. The smallest absolute Gasteiger partial charge is 0.240 e. The minimum absolute atomic E-state index is 0.215. The normalized spacial score (nSPS) is 21.2. The molecule has 1 aromatic carbocycles. The van der Waals surface area contributed by atoms with Crippen LogP contribution in [0.5, 0.6) is 0 Å². The molecule has 2 atom stereocenters. The number of benzene rings is 1. The van der Waals surface area contributed by atoms with Gasteiger partial charge in [0, 0.05) is 32.2 Å². The highest BCUT2D eigenvalue weighted by molar-refractivity contribution is 7.89. The van der Waals surface area contributed by atoms with Crippen molar-refractivity contribution >= 4 is 21.6 Å². The number of aryl methyl sites for hydroxylation is 1. The maximum atomic E-state index is 12.6. The molecule has 1 aliphatic heterocycles. The predicted octanol–water partition coefficient (Wildman–Crippen LogP) is 2.99. The first-order chi connectivity index (χ1) is 12.7. The van der Waals surface area contributed by atoms with Crippen molar-refractivity contribution in [2.45, 2.75) is 51.9 Å². The zero-order valence-corrected chi connectivity index (χ0v) is 17.7. The lowest BCUT2D eigenvalue weighted by atomic mass is 9.92. The first kappa shape index (κ1) is 21.9. The van der Waals surface area contributed by atoms with Gasteiger partial charge in [-0.15, -0.1) is 0 Å². The fourth-order valence-corrected chi connectivity index (χ4v) is 5.23. The van der Waals surface area contributed by atoms with E-state index in [1.807, 2.05) is 0 Å². The second kappa shape index (κ2) is 9.66. The number of hydrogen-bond donors (Lipinski definition) is 2. The van der Waals surface area contributed by atoms with Crippen molar-refractivity contribution in [2.24, 2.45) is 11.8 Å². The van der Waals surface area contributed by atoms with Crippen molar-refractivity contribution in [3.05, 3.63) is 23.8 Å². The Hall–Kier alpha value is -1.44. The van der Waals surface area contributed by atoms with Crippen LogP contribution in [0.15, 0.2) is 23.1 Å². The van der Waals surface area contributed by atoms with Crippen LogP contribution in [0, 0.1) is 18.8 Å². The molecule has 1 amide bonds. The number of likely N-dealkylation sites (tertiary alicyclic amines) is 1. The van der Waals surface area contributed by atoms with Gasteiger partial charge in [0.1, 0.15) is 0 Å². The van der Waals surface area contributed by atoms with Gasteiger partial charge in [0.25, 0.3) is 0 Å². The Morgan fingerprint density at radius 2 is 1.85 bits per heavy atom. The number of amides is 1. The molecule has 0 bridgehead atoms. The van der Waals surface area contributed by atoms with Gasteiger partial charge in [0.2, 0.25) is 15.9 Å². The molecular formula is C20H33N3O3S. The van der Waals surface area contributed by atoms with E-state index in [4.69, 9.17) is 0 Å². The molecule has 152 valence electrons. The summed E-state index contributed by atoms with van der Waals surface area (Å²) < 4.78 is 27.9. The summed E-state index contributed by atoms with van der Waals surface area (Å²) in [5.41, 5.74) is 1.15. The second-order valence-corrected chi connectivity index (χ2v) is 9.71. The van der Waals surface area contributed by atoms with E-state index in [0.29, 0.717) is 17.8 Å². The fourth-order valence-electron chi connectivity index (χ4n) is 3.89. The molecule has 2 rings (SSSR count). The van der Waals surface area contributed by atoms with E-state index in [0.717, 1.165) is 44.3 Å². The zero-order valence-electron chi connectivity index (χ0n) is 16.9. The fraction of sp³-hybridized carbons (Fsp3) is 0.650. The standard InChI is InChI=1S/C20H33N3O3S/c1-15-11-16(2)14-23(13-15)10-6-5-9-21-27(25,26)20-12-19(22-18(4)24)8-7-17(20)3/h7-8,12,15-16,21H,5-6,9-11,13-14H2,1-4H3,(H,22,24). The van der Waals surface area contributed by atoms with Crippen molar-refractivity contribution in [1.29, 1.82) is 0 Å². The molecule has 1 fully saturated rings. The Bertz CT molecular complexity index is 739. The quantitative estimate of drug-likeness (QED) is 0.663. The van der Waals surface area contributed by atoms with E-state index in [9.17, 15) is 13.2 Å². The van der Waals surface area contributed by atoms with Gasteiger partial charge >= 0.3 is 0 Å².